The third kappa shape index (κ3) is 4.32. The number of hydrogen-bond acceptors (Lipinski definition) is 3. The number of nitrogens with zero attached hydrogens (tertiary/aromatic N) is 4. The number of nitrogens with one attached hydrogen (secondary N) is 1. The van der Waals surface area contributed by atoms with E-state index in [1.54, 1.807) is 4.68 Å². The number of benzene rings is 1. The maximum absolute atomic E-state index is 11.9. The average molecular weight is 323 g/mol. The van der Waals surface area contributed by atoms with Gasteiger partial charge in [-0.2, -0.15) is 10.2 Å². The van der Waals surface area contributed by atoms with Gasteiger partial charge in [-0.1, -0.05) is 30.3 Å². The molecule has 1 amide bonds. The predicted octanol–water partition coefficient (Wildman–Crippen LogP) is 2.38. The van der Waals surface area contributed by atoms with Crippen LogP contribution in [-0.4, -0.2) is 25.5 Å². The first-order valence-corrected chi connectivity index (χ1v) is 8.04. The Labute approximate surface area is 141 Å². The number of hydrogen-bond donors (Lipinski definition) is 1. The smallest absolute Gasteiger partial charge is 0.220 e. The summed E-state index contributed by atoms with van der Waals surface area (Å²) in [5.41, 5.74) is 3.11. The molecule has 0 saturated carbocycles. The van der Waals surface area contributed by atoms with E-state index >= 15 is 0 Å². The maximum atomic E-state index is 11.9. The summed E-state index contributed by atoms with van der Waals surface area (Å²) >= 11 is 0. The SMILES string of the molecule is Cn1ccc(CNC(=O)CCCn2cc(-c3ccccc3)cn2)n1. The van der Waals surface area contributed by atoms with Crippen molar-refractivity contribution < 1.29 is 4.79 Å². The second kappa shape index (κ2) is 7.59. The summed E-state index contributed by atoms with van der Waals surface area (Å²) in [7, 11) is 1.86. The summed E-state index contributed by atoms with van der Waals surface area (Å²) in [6.45, 7) is 1.20. The highest BCUT2D eigenvalue weighted by Crippen LogP contribution is 2.17. The van der Waals surface area contributed by atoms with Crippen molar-refractivity contribution in [2.24, 2.45) is 7.05 Å². The Morgan fingerprint density at radius 2 is 2.00 bits per heavy atom. The molecule has 124 valence electrons. The topological polar surface area (TPSA) is 64.7 Å². The molecule has 0 atom stereocenters. The van der Waals surface area contributed by atoms with Gasteiger partial charge in [0.25, 0.3) is 0 Å². The Balaban J connectivity index is 1.41. The predicted molar refractivity (Wildman–Crippen MR) is 92.0 cm³/mol. The number of amides is 1. The molecule has 2 heterocycles. The Hall–Kier alpha value is -2.89. The molecule has 1 aromatic carbocycles. The first-order chi connectivity index (χ1) is 11.7. The molecule has 1 N–H and O–H groups in total. The van der Waals surface area contributed by atoms with Crippen molar-refractivity contribution in [1.82, 2.24) is 24.9 Å². The van der Waals surface area contributed by atoms with Crippen LogP contribution in [0.1, 0.15) is 18.5 Å². The zero-order valence-corrected chi connectivity index (χ0v) is 13.7. The van der Waals surface area contributed by atoms with E-state index in [2.05, 4.69) is 27.6 Å². The van der Waals surface area contributed by atoms with Crippen molar-refractivity contribution in [3.8, 4) is 11.1 Å². The number of carbonyl (C=O) groups excluding carboxylic acids is 1. The number of rotatable bonds is 7. The molecule has 0 aliphatic rings. The lowest BCUT2D eigenvalue weighted by Crippen LogP contribution is -2.23. The third-order valence-corrected chi connectivity index (χ3v) is 3.77. The van der Waals surface area contributed by atoms with Crippen molar-refractivity contribution in [1.29, 1.82) is 0 Å². The lowest BCUT2D eigenvalue weighted by molar-refractivity contribution is -0.121. The van der Waals surface area contributed by atoms with Crippen LogP contribution in [0.3, 0.4) is 0 Å². The zero-order chi connectivity index (χ0) is 16.8. The van der Waals surface area contributed by atoms with Gasteiger partial charge < -0.3 is 5.32 Å². The highest BCUT2D eigenvalue weighted by molar-refractivity contribution is 5.75. The Bertz CT molecular complexity index is 791. The second-order valence-electron chi connectivity index (χ2n) is 5.72. The molecular weight excluding hydrogens is 302 g/mol. The maximum Gasteiger partial charge on any atom is 0.220 e. The summed E-state index contributed by atoms with van der Waals surface area (Å²) in [4.78, 5) is 11.9. The molecule has 0 aliphatic heterocycles. The fraction of sp³-hybridized carbons (Fsp3) is 0.278. The Morgan fingerprint density at radius 1 is 1.17 bits per heavy atom. The highest BCUT2D eigenvalue weighted by Gasteiger charge is 2.05. The van der Waals surface area contributed by atoms with Crippen LogP contribution in [0.5, 0.6) is 0 Å². The minimum absolute atomic E-state index is 0.0380. The lowest BCUT2D eigenvalue weighted by atomic mass is 10.1. The molecule has 6 heteroatoms. The van der Waals surface area contributed by atoms with Crippen LogP contribution in [0.2, 0.25) is 0 Å². The van der Waals surface area contributed by atoms with Crippen LogP contribution >= 0.6 is 0 Å². The summed E-state index contributed by atoms with van der Waals surface area (Å²) in [6.07, 6.45) is 6.97. The first kappa shape index (κ1) is 16.0. The van der Waals surface area contributed by atoms with E-state index in [0.717, 1.165) is 29.8 Å². The van der Waals surface area contributed by atoms with Gasteiger partial charge in [0.15, 0.2) is 0 Å². The van der Waals surface area contributed by atoms with Gasteiger partial charge in [0.2, 0.25) is 5.91 Å². The van der Waals surface area contributed by atoms with Crippen molar-refractivity contribution in [2.75, 3.05) is 0 Å². The van der Waals surface area contributed by atoms with Crippen LogP contribution in [0.4, 0.5) is 0 Å². The van der Waals surface area contributed by atoms with Crippen LogP contribution in [0.15, 0.2) is 55.0 Å². The fourth-order valence-corrected chi connectivity index (χ4v) is 2.50. The summed E-state index contributed by atoms with van der Waals surface area (Å²) in [5, 5.41) is 11.5. The van der Waals surface area contributed by atoms with Crippen molar-refractivity contribution in [3.05, 3.63) is 60.7 Å². The monoisotopic (exact) mass is 323 g/mol. The minimum atomic E-state index is 0.0380. The highest BCUT2D eigenvalue weighted by atomic mass is 16.1. The molecule has 3 aromatic rings. The van der Waals surface area contributed by atoms with Gasteiger partial charge in [-0.25, -0.2) is 0 Å². The summed E-state index contributed by atoms with van der Waals surface area (Å²) in [6, 6.07) is 12.0. The second-order valence-corrected chi connectivity index (χ2v) is 5.72. The van der Waals surface area contributed by atoms with Gasteiger partial charge in [0, 0.05) is 38.0 Å². The van der Waals surface area contributed by atoms with Gasteiger partial charge in [-0.15, -0.1) is 0 Å². The minimum Gasteiger partial charge on any atom is -0.350 e. The van der Waals surface area contributed by atoms with Crippen LogP contribution in [0.25, 0.3) is 11.1 Å². The molecule has 0 radical (unpaired) electrons. The fourth-order valence-electron chi connectivity index (χ4n) is 2.50. The normalized spacial score (nSPS) is 10.7. The molecule has 0 aliphatic carbocycles. The standard InChI is InChI=1S/C18H21N5O/c1-22-11-9-17(21-22)13-19-18(24)8-5-10-23-14-16(12-20-23)15-6-3-2-4-7-15/h2-4,6-7,9,11-12,14H,5,8,10,13H2,1H3,(H,19,24). The van der Waals surface area contributed by atoms with Gasteiger partial charge in [0.1, 0.15) is 0 Å². The molecule has 6 nitrogen and oxygen atoms in total. The van der Waals surface area contributed by atoms with Crippen molar-refractivity contribution in [3.63, 3.8) is 0 Å². The number of aryl methyl sites for hydroxylation is 2. The molecule has 0 spiro atoms. The van der Waals surface area contributed by atoms with Gasteiger partial charge in [-0.3, -0.25) is 14.2 Å². The van der Waals surface area contributed by atoms with Crippen LogP contribution < -0.4 is 5.32 Å². The van der Waals surface area contributed by atoms with E-state index < -0.39 is 0 Å². The number of aromatic nitrogens is 4. The van der Waals surface area contributed by atoms with Crippen molar-refractivity contribution >= 4 is 5.91 Å². The molecule has 0 saturated heterocycles. The molecule has 3 rings (SSSR count). The van der Waals surface area contributed by atoms with E-state index in [-0.39, 0.29) is 5.91 Å². The van der Waals surface area contributed by atoms with E-state index in [1.807, 2.05) is 54.6 Å². The van der Waals surface area contributed by atoms with Gasteiger partial charge in [0.05, 0.1) is 18.4 Å². The van der Waals surface area contributed by atoms with Crippen molar-refractivity contribution in [2.45, 2.75) is 25.9 Å². The van der Waals surface area contributed by atoms with E-state index in [0.29, 0.717) is 13.0 Å². The molecular formula is C18H21N5O. The van der Waals surface area contributed by atoms with E-state index in [9.17, 15) is 4.79 Å². The van der Waals surface area contributed by atoms with Crippen LogP contribution in [0, 0.1) is 0 Å². The molecule has 0 unspecified atom stereocenters. The lowest BCUT2D eigenvalue weighted by Gasteiger charge is -2.04. The molecule has 0 fully saturated rings. The molecule has 2 aromatic heterocycles. The zero-order valence-electron chi connectivity index (χ0n) is 13.7. The Kier molecular flexibility index (Phi) is 5.05. The van der Waals surface area contributed by atoms with E-state index in [1.165, 1.54) is 0 Å². The average Bonchev–Trinajstić information content (AvgIpc) is 3.23. The summed E-state index contributed by atoms with van der Waals surface area (Å²) in [5.74, 6) is 0.0380. The van der Waals surface area contributed by atoms with Gasteiger partial charge >= 0.3 is 0 Å². The first-order valence-electron chi connectivity index (χ1n) is 8.04. The summed E-state index contributed by atoms with van der Waals surface area (Å²) < 4.78 is 3.61. The largest absolute Gasteiger partial charge is 0.350 e. The molecule has 24 heavy (non-hydrogen) atoms. The third-order valence-electron chi connectivity index (χ3n) is 3.77. The molecule has 0 bridgehead atoms. The quantitative estimate of drug-likeness (QED) is 0.726. The van der Waals surface area contributed by atoms with Crippen LogP contribution in [-0.2, 0) is 24.9 Å². The van der Waals surface area contributed by atoms with Gasteiger partial charge in [-0.05, 0) is 18.1 Å². The van der Waals surface area contributed by atoms with E-state index in [4.69, 9.17) is 0 Å². The number of carbonyl (C=O) groups is 1. The Morgan fingerprint density at radius 3 is 2.75 bits per heavy atom.